The Morgan fingerprint density at radius 3 is 2.55 bits per heavy atom. The van der Waals surface area contributed by atoms with Gasteiger partial charge < -0.3 is 19.6 Å². The van der Waals surface area contributed by atoms with E-state index >= 15 is 0 Å². The van der Waals surface area contributed by atoms with Crippen molar-refractivity contribution in [3.05, 3.63) is 62.0 Å². The fourth-order valence-electron chi connectivity index (χ4n) is 3.32. The molecule has 0 spiro atoms. The van der Waals surface area contributed by atoms with Gasteiger partial charge in [0.25, 0.3) is 0 Å². The topological polar surface area (TPSA) is 168 Å². The highest BCUT2D eigenvalue weighted by atomic mass is 16.4. The van der Waals surface area contributed by atoms with Gasteiger partial charge in [0.15, 0.2) is 22.6 Å². The number of Topliss-reactive ketones (excluding diaryl/α,β-unsaturated/α-hetero) is 1. The standard InChI is InChI=1S/C21H14N2O8/c1-8(20(27)28)5-11(24)9-3-2-4-14-17(9)23-19-15(31-14)7-13(26)18-16(19)12(25)6-10(22-18)21(29)30/h2-4,6-8H,5H2,1H3,(H,22,25)(H,27,28)(H,29,30)/t8-/m0/s1. The molecule has 2 aromatic rings. The quantitative estimate of drug-likeness (QED) is 0.248. The Balaban J connectivity index is 2.04. The number of carboxylic acids is 2. The number of ketones is 1. The van der Waals surface area contributed by atoms with Gasteiger partial charge in [0, 0.05) is 24.1 Å². The Bertz CT molecular complexity index is 1500. The van der Waals surface area contributed by atoms with Crippen molar-refractivity contribution < 1.29 is 29.0 Å². The average molecular weight is 422 g/mol. The predicted octanol–water partition coefficient (Wildman–Crippen LogP) is 2.13. The van der Waals surface area contributed by atoms with Crippen molar-refractivity contribution in [3.8, 4) is 11.5 Å². The number of para-hydroxylation sites is 1. The van der Waals surface area contributed by atoms with Gasteiger partial charge in [0.1, 0.15) is 22.4 Å². The molecule has 31 heavy (non-hydrogen) atoms. The summed E-state index contributed by atoms with van der Waals surface area (Å²) in [5, 5.41) is 18.0. The molecule has 156 valence electrons. The van der Waals surface area contributed by atoms with Gasteiger partial charge in [-0.2, -0.15) is 0 Å². The zero-order chi connectivity index (χ0) is 22.4. The number of aromatic nitrogens is 2. The van der Waals surface area contributed by atoms with E-state index in [-0.39, 0.29) is 45.4 Å². The number of rotatable bonds is 5. The monoisotopic (exact) mass is 422 g/mol. The first kappa shape index (κ1) is 20.0. The van der Waals surface area contributed by atoms with Gasteiger partial charge in [-0.1, -0.05) is 13.0 Å². The van der Waals surface area contributed by atoms with Crippen LogP contribution in [-0.4, -0.2) is 37.9 Å². The second-order valence-electron chi connectivity index (χ2n) is 7.06. The van der Waals surface area contributed by atoms with Gasteiger partial charge in [-0.05, 0) is 12.1 Å². The van der Waals surface area contributed by atoms with Crippen LogP contribution in [0.4, 0.5) is 0 Å². The van der Waals surface area contributed by atoms with E-state index in [2.05, 4.69) is 9.97 Å². The third kappa shape index (κ3) is 3.33. The highest BCUT2D eigenvalue weighted by Crippen LogP contribution is 2.30. The van der Waals surface area contributed by atoms with Crippen LogP contribution in [0, 0.1) is 5.92 Å². The zero-order valence-electron chi connectivity index (χ0n) is 16.0. The van der Waals surface area contributed by atoms with E-state index in [1.165, 1.54) is 25.1 Å². The van der Waals surface area contributed by atoms with Gasteiger partial charge in [-0.15, -0.1) is 0 Å². The normalized spacial score (nSPS) is 12.3. The molecule has 10 heteroatoms. The molecule has 0 saturated heterocycles. The lowest BCUT2D eigenvalue weighted by Crippen LogP contribution is -2.17. The molecule has 2 heterocycles. The molecule has 2 aliphatic rings. The van der Waals surface area contributed by atoms with Crippen molar-refractivity contribution in [1.29, 1.82) is 0 Å². The van der Waals surface area contributed by atoms with E-state index in [1.54, 1.807) is 0 Å². The molecule has 0 unspecified atom stereocenters. The van der Waals surface area contributed by atoms with Crippen molar-refractivity contribution in [1.82, 2.24) is 9.97 Å². The second-order valence-corrected chi connectivity index (χ2v) is 7.06. The maximum atomic E-state index is 12.7. The van der Waals surface area contributed by atoms with Crippen LogP contribution in [0.5, 0.6) is 0 Å². The molecule has 0 radical (unpaired) electrons. The van der Waals surface area contributed by atoms with Crippen LogP contribution < -0.4 is 10.9 Å². The zero-order valence-corrected chi connectivity index (χ0v) is 16.0. The Hall–Kier alpha value is -4.34. The molecule has 4 rings (SSSR count). The lowest BCUT2D eigenvalue weighted by atomic mass is 9.98. The van der Waals surface area contributed by atoms with Crippen LogP contribution in [0.15, 0.2) is 44.3 Å². The van der Waals surface area contributed by atoms with Crippen molar-refractivity contribution in [2.45, 2.75) is 13.3 Å². The average Bonchev–Trinajstić information content (AvgIpc) is 2.71. The number of carbonyl (C=O) groups excluding carboxylic acids is 1. The molecule has 3 N–H and O–H groups in total. The molecule has 0 saturated carbocycles. The van der Waals surface area contributed by atoms with Crippen LogP contribution in [0.3, 0.4) is 0 Å². The van der Waals surface area contributed by atoms with Crippen LogP contribution in [0.25, 0.3) is 33.5 Å². The Labute approximate surface area is 172 Å². The first-order valence-electron chi connectivity index (χ1n) is 9.10. The van der Waals surface area contributed by atoms with Gasteiger partial charge in [0.05, 0.1) is 11.3 Å². The number of hydrogen-bond donors (Lipinski definition) is 3. The van der Waals surface area contributed by atoms with Gasteiger partial charge >= 0.3 is 11.9 Å². The number of aliphatic carboxylic acids is 1. The number of fused-ring (bicyclic) bond motifs is 4. The molecule has 1 atom stereocenters. The molecule has 1 aromatic carbocycles. The Morgan fingerprint density at radius 2 is 1.87 bits per heavy atom. The molecule has 1 aliphatic carbocycles. The fourth-order valence-corrected chi connectivity index (χ4v) is 3.32. The van der Waals surface area contributed by atoms with E-state index in [1.807, 2.05) is 0 Å². The third-order valence-corrected chi connectivity index (χ3v) is 4.90. The van der Waals surface area contributed by atoms with Gasteiger partial charge in [0.2, 0.25) is 5.43 Å². The summed E-state index contributed by atoms with van der Waals surface area (Å²) in [6.07, 6.45) is -0.267. The molecule has 0 amide bonds. The molecular weight excluding hydrogens is 408 g/mol. The summed E-state index contributed by atoms with van der Waals surface area (Å²) in [4.78, 5) is 66.9. The van der Waals surface area contributed by atoms with E-state index in [4.69, 9.17) is 14.6 Å². The number of hydrogen-bond acceptors (Lipinski definition) is 7. The third-order valence-electron chi connectivity index (χ3n) is 4.90. The highest BCUT2D eigenvalue weighted by molar-refractivity contribution is 6.07. The SMILES string of the molecule is C[C@@H](CC(=O)c1cccc2oc3cc(=O)c4[nH]c(C(=O)O)cc(=O)c4c-3nc12)C(=O)O. The molecule has 10 nitrogen and oxygen atoms in total. The van der Waals surface area contributed by atoms with Crippen LogP contribution in [-0.2, 0) is 4.79 Å². The maximum Gasteiger partial charge on any atom is 0.352 e. The molecule has 0 bridgehead atoms. The first-order valence-corrected chi connectivity index (χ1v) is 9.10. The number of pyridine rings is 1. The van der Waals surface area contributed by atoms with Crippen molar-refractivity contribution >= 4 is 39.7 Å². The number of nitrogens with zero attached hydrogens (tertiary/aromatic N) is 1. The number of benzene rings is 2. The summed E-state index contributed by atoms with van der Waals surface area (Å²) >= 11 is 0. The largest absolute Gasteiger partial charge is 0.481 e. The minimum atomic E-state index is -1.41. The number of carboxylic acid groups (broad SMARTS) is 2. The van der Waals surface area contributed by atoms with Gasteiger partial charge in [-0.25, -0.2) is 9.78 Å². The van der Waals surface area contributed by atoms with E-state index < -0.39 is 40.2 Å². The molecule has 0 fully saturated rings. The van der Waals surface area contributed by atoms with E-state index in [0.29, 0.717) is 0 Å². The first-order chi connectivity index (χ1) is 14.7. The fraction of sp³-hybridized carbons (Fsp3) is 0.143. The number of carbonyl (C=O) groups is 3. The summed E-state index contributed by atoms with van der Waals surface area (Å²) in [7, 11) is 0. The number of aromatic carboxylic acids is 1. The van der Waals surface area contributed by atoms with E-state index in [0.717, 1.165) is 12.1 Å². The summed E-state index contributed by atoms with van der Waals surface area (Å²) < 4.78 is 5.71. The number of aromatic amines is 1. The maximum absolute atomic E-state index is 12.7. The van der Waals surface area contributed by atoms with Crippen molar-refractivity contribution in [3.63, 3.8) is 0 Å². The number of nitrogens with one attached hydrogen (secondary N) is 1. The van der Waals surface area contributed by atoms with Crippen LogP contribution >= 0.6 is 0 Å². The summed E-state index contributed by atoms with van der Waals surface area (Å²) in [6, 6.07) is 6.42. The Kier molecular flexibility index (Phi) is 4.61. The summed E-state index contributed by atoms with van der Waals surface area (Å²) in [5.74, 6) is -3.93. The Morgan fingerprint density at radius 1 is 1.13 bits per heavy atom. The predicted molar refractivity (Wildman–Crippen MR) is 108 cm³/mol. The van der Waals surface area contributed by atoms with Crippen LogP contribution in [0.1, 0.15) is 34.2 Å². The van der Waals surface area contributed by atoms with Gasteiger partial charge in [-0.3, -0.25) is 19.2 Å². The minimum Gasteiger partial charge on any atom is -0.481 e. The smallest absolute Gasteiger partial charge is 0.352 e. The minimum absolute atomic E-state index is 0.0120. The van der Waals surface area contributed by atoms with Crippen molar-refractivity contribution in [2.75, 3.05) is 0 Å². The summed E-state index contributed by atoms with van der Waals surface area (Å²) in [6.45, 7) is 1.40. The van der Waals surface area contributed by atoms with Crippen molar-refractivity contribution in [2.24, 2.45) is 5.92 Å². The summed E-state index contributed by atoms with van der Waals surface area (Å²) in [5.41, 5.74) is -1.76. The highest BCUT2D eigenvalue weighted by Gasteiger charge is 2.24. The number of H-pyrrole nitrogens is 1. The molecular formula is C21H14N2O8. The van der Waals surface area contributed by atoms with Crippen LogP contribution in [0.2, 0.25) is 0 Å². The lowest BCUT2D eigenvalue weighted by Gasteiger charge is -2.12. The lowest BCUT2D eigenvalue weighted by molar-refractivity contribution is -0.141. The molecule has 1 aliphatic heterocycles. The van der Waals surface area contributed by atoms with E-state index in [9.17, 15) is 24.0 Å². The second kappa shape index (κ2) is 7.17. The molecule has 1 aromatic heterocycles.